The van der Waals surface area contributed by atoms with Crippen molar-refractivity contribution < 1.29 is 8.83 Å². The molecule has 93 heavy (non-hydrogen) atoms. The second kappa shape index (κ2) is 18.9. The predicted molar refractivity (Wildman–Crippen MR) is 384 cm³/mol. The van der Waals surface area contributed by atoms with Crippen molar-refractivity contribution in [2.75, 3.05) is 4.90 Å². The van der Waals surface area contributed by atoms with Crippen molar-refractivity contribution in [3.8, 4) is 44.5 Å². The molecule has 3 nitrogen and oxygen atoms in total. The lowest BCUT2D eigenvalue weighted by atomic mass is 9.66. The van der Waals surface area contributed by atoms with Gasteiger partial charge in [0.1, 0.15) is 22.3 Å². The van der Waals surface area contributed by atoms with Crippen LogP contribution in [0.25, 0.3) is 88.4 Å². The lowest BCUT2D eigenvalue weighted by Gasteiger charge is -2.36. The van der Waals surface area contributed by atoms with Crippen LogP contribution in [-0.4, -0.2) is 0 Å². The monoisotopic (exact) mass is 1190 g/mol. The Hall–Kier alpha value is -10.7. The summed E-state index contributed by atoms with van der Waals surface area (Å²) in [7, 11) is 0. The zero-order valence-corrected chi connectivity index (χ0v) is 53.3. The Bertz CT molecular complexity index is 5580. The number of nitrogens with zero attached hydrogens (tertiary/aromatic N) is 1. The van der Waals surface area contributed by atoms with Crippen LogP contribution >= 0.6 is 0 Å². The fraction of sp³-hybridized carbons (Fsp3) is 0.133. The number of para-hydroxylation sites is 3. The lowest BCUT2D eigenvalue weighted by Crippen LogP contribution is -2.30. The first-order valence-electron chi connectivity index (χ1n) is 33.0. The highest BCUT2D eigenvalue weighted by molar-refractivity contribution is 6.21. The third-order valence-corrected chi connectivity index (χ3v) is 22.1. The zero-order chi connectivity index (χ0) is 62.5. The maximum atomic E-state index is 7.12. The van der Waals surface area contributed by atoms with Gasteiger partial charge in [-0.15, -0.1) is 0 Å². The smallest absolute Gasteiger partial charge is 0.144 e. The summed E-state index contributed by atoms with van der Waals surface area (Å²) in [5.41, 5.74) is 31.3. The van der Waals surface area contributed by atoms with Gasteiger partial charge in [-0.3, -0.25) is 0 Å². The van der Waals surface area contributed by atoms with Crippen molar-refractivity contribution in [1.29, 1.82) is 0 Å². The van der Waals surface area contributed by atoms with Gasteiger partial charge in [-0.25, -0.2) is 0 Å². The van der Waals surface area contributed by atoms with E-state index in [1.165, 1.54) is 122 Å². The number of benzene rings is 13. The highest BCUT2D eigenvalue weighted by Crippen LogP contribution is 2.67. The minimum atomic E-state index is -0.768. The van der Waals surface area contributed by atoms with Gasteiger partial charge in [0, 0.05) is 55.0 Å². The van der Waals surface area contributed by atoms with E-state index < -0.39 is 16.2 Å². The Labute approximate surface area is 542 Å². The molecule has 444 valence electrons. The van der Waals surface area contributed by atoms with Crippen molar-refractivity contribution in [2.45, 2.75) is 75.5 Å². The Balaban J connectivity index is 0.898. The molecule has 0 radical (unpaired) electrons. The van der Waals surface area contributed by atoms with E-state index in [9.17, 15) is 0 Å². The first-order chi connectivity index (χ1) is 45.3. The minimum Gasteiger partial charge on any atom is -0.456 e. The number of rotatable bonds is 7. The molecule has 2 heterocycles. The summed E-state index contributed by atoms with van der Waals surface area (Å²) in [5.74, 6) is 0. The van der Waals surface area contributed by atoms with Gasteiger partial charge >= 0.3 is 0 Å². The molecule has 0 aliphatic heterocycles. The van der Waals surface area contributed by atoms with E-state index in [1.807, 2.05) is 0 Å². The summed E-state index contributed by atoms with van der Waals surface area (Å²) in [6.45, 7) is 16.9. The quantitative estimate of drug-likeness (QED) is 0.159. The van der Waals surface area contributed by atoms with Crippen LogP contribution in [0.2, 0.25) is 0 Å². The molecular weight excluding hydrogens is 1130 g/mol. The molecule has 0 fully saturated rings. The summed E-state index contributed by atoms with van der Waals surface area (Å²) in [6, 6.07) is 105. The molecule has 0 spiro atoms. The predicted octanol–water partition coefficient (Wildman–Crippen LogP) is 23.6. The van der Waals surface area contributed by atoms with Gasteiger partial charge in [-0.05, 0) is 177 Å². The summed E-state index contributed by atoms with van der Waals surface area (Å²) in [5, 5.41) is 4.63. The fourth-order valence-electron chi connectivity index (χ4n) is 18.3. The summed E-state index contributed by atoms with van der Waals surface area (Å²) < 4.78 is 14.0. The fourth-order valence-corrected chi connectivity index (χ4v) is 18.3. The summed E-state index contributed by atoms with van der Waals surface area (Å²) in [6.07, 6.45) is 0. The van der Waals surface area contributed by atoms with Crippen LogP contribution in [0.3, 0.4) is 0 Å². The second-order valence-electron chi connectivity index (χ2n) is 28.5. The Morgan fingerprint density at radius 2 is 0.774 bits per heavy atom. The van der Waals surface area contributed by atoms with Crippen molar-refractivity contribution in [2.24, 2.45) is 0 Å². The number of furan rings is 2. The van der Waals surface area contributed by atoms with Crippen LogP contribution in [0.4, 0.5) is 17.1 Å². The molecule has 0 bridgehead atoms. The molecule has 0 saturated carbocycles. The highest BCUT2D eigenvalue weighted by Gasteiger charge is 2.53. The number of hydrogen-bond donors (Lipinski definition) is 0. The standard InChI is InChI=1S/C90H67NO2/c1-86(2,3)68-40-24-25-41-74(68)91(58-45-47-62-70(50-58)88(6,7)83-80(62)81-64-38-22-27-43-76(64)93-85(81)82-61-36-20-23-39-67(61)87(4,5)84(82)83)59-44-46-60-65-52-73-66(53-72(65)90(71(60)51-59,56-32-16-10-17-33-56)57-34-18-11-19-35-57)78-69(48-49-77-79(78)63-37-21-26-42-75(63)92-77)89(73,54-28-12-8-13-29-54)55-30-14-9-15-31-55/h8-53H,1-7H3. The Morgan fingerprint density at radius 1 is 0.312 bits per heavy atom. The van der Waals surface area contributed by atoms with Gasteiger partial charge in [-0.2, -0.15) is 0 Å². The lowest BCUT2D eigenvalue weighted by molar-refractivity contribution is 0.591. The largest absolute Gasteiger partial charge is 0.456 e. The van der Waals surface area contributed by atoms with E-state index in [1.54, 1.807) is 0 Å². The molecule has 19 rings (SSSR count). The summed E-state index contributed by atoms with van der Waals surface area (Å²) in [4.78, 5) is 2.59. The molecule has 3 heteroatoms. The van der Waals surface area contributed by atoms with Crippen LogP contribution in [0.15, 0.2) is 288 Å². The average Bonchev–Trinajstić information content (AvgIpc) is 1.51. The first-order valence-corrected chi connectivity index (χ1v) is 33.0. The molecule has 15 aromatic rings. The van der Waals surface area contributed by atoms with Crippen molar-refractivity contribution in [1.82, 2.24) is 0 Å². The first kappa shape index (κ1) is 54.0. The molecule has 4 aliphatic carbocycles. The van der Waals surface area contributed by atoms with Crippen LogP contribution in [0, 0.1) is 0 Å². The number of fused-ring (bicyclic) bond motifs is 22. The third kappa shape index (κ3) is 6.99. The van der Waals surface area contributed by atoms with E-state index >= 15 is 0 Å². The van der Waals surface area contributed by atoms with Crippen LogP contribution in [0.1, 0.15) is 121 Å². The average molecular weight is 1190 g/mol. The third-order valence-electron chi connectivity index (χ3n) is 22.1. The van der Waals surface area contributed by atoms with Gasteiger partial charge in [-0.1, -0.05) is 267 Å². The Kier molecular flexibility index (Phi) is 11.0. The van der Waals surface area contributed by atoms with E-state index in [0.29, 0.717) is 0 Å². The van der Waals surface area contributed by atoms with Crippen LogP contribution in [0.5, 0.6) is 0 Å². The van der Waals surface area contributed by atoms with E-state index in [2.05, 4.69) is 332 Å². The SMILES string of the molecule is CC(C)(C)c1ccccc1N(c1ccc2c(c1)C(C)(C)c1c3c(c4oc5ccccc5c4c1-2)-c1ccccc1C3(C)C)c1ccc2c(c1)C(c1ccccc1)(c1ccccc1)c1cc3c(cc1-2)C(c1ccccc1)(c1ccccc1)c1ccc2oc4ccccc4c2c1-3. The molecule has 0 N–H and O–H groups in total. The maximum absolute atomic E-state index is 7.12. The molecule has 13 aromatic carbocycles. The van der Waals surface area contributed by atoms with Gasteiger partial charge in [0.2, 0.25) is 0 Å². The van der Waals surface area contributed by atoms with E-state index in [-0.39, 0.29) is 10.8 Å². The molecular formula is C90H67NO2. The van der Waals surface area contributed by atoms with Gasteiger partial charge < -0.3 is 13.7 Å². The van der Waals surface area contributed by atoms with E-state index in [4.69, 9.17) is 8.83 Å². The maximum Gasteiger partial charge on any atom is 0.144 e. The number of hydrogen-bond acceptors (Lipinski definition) is 3. The summed E-state index contributed by atoms with van der Waals surface area (Å²) >= 11 is 0. The topological polar surface area (TPSA) is 29.5 Å². The number of anilines is 3. The molecule has 2 aromatic heterocycles. The van der Waals surface area contributed by atoms with Crippen molar-refractivity contribution in [3.63, 3.8) is 0 Å². The molecule has 0 saturated heterocycles. The zero-order valence-electron chi connectivity index (χ0n) is 53.3. The molecule has 4 aliphatic rings. The normalized spacial score (nSPS) is 15.4. The minimum absolute atomic E-state index is 0.201. The van der Waals surface area contributed by atoms with Crippen LogP contribution in [-0.2, 0) is 27.1 Å². The molecule has 0 atom stereocenters. The molecule has 0 amide bonds. The highest BCUT2D eigenvalue weighted by atomic mass is 16.3. The van der Waals surface area contributed by atoms with E-state index in [0.717, 1.165) is 55.6 Å². The van der Waals surface area contributed by atoms with Gasteiger partial charge in [0.15, 0.2) is 0 Å². The molecule has 0 unspecified atom stereocenters. The second-order valence-corrected chi connectivity index (χ2v) is 28.5. The van der Waals surface area contributed by atoms with Crippen molar-refractivity contribution in [3.05, 3.63) is 351 Å². The van der Waals surface area contributed by atoms with Crippen LogP contribution < -0.4 is 4.90 Å². The Morgan fingerprint density at radius 3 is 1.41 bits per heavy atom. The van der Waals surface area contributed by atoms with Gasteiger partial charge in [0.25, 0.3) is 0 Å². The van der Waals surface area contributed by atoms with Gasteiger partial charge in [0.05, 0.1) is 10.8 Å². The van der Waals surface area contributed by atoms with Crippen molar-refractivity contribution >= 4 is 60.9 Å².